The average Bonchev–Trinajstić information content (AvgIpc) is 2.91. The molecule has 4 rings (SSSR count). The maximum Gasteiger partial charge on any atom is 0.225 e. The minimum Gasteiger partial charge on any atom is -0.374 e. The van der Waals surface area contributed by atoms with Gasteiger partial charge in [0.15, 0.2) is 5.82 Å². The summed E-state index contributed by atoms with van der Waals surface area (Å²) in [5.41, 5.74) is 1.03. The lowest BCUT2D eigenvalue weighted by Crippen LogP contribution is -2.44. The molecule has 3 heterocycles. The van der Waals surface area contributed by atoms with Gasteiger partial charge < -0.3 is 14.4 Å². The van der Waals surface area contributed by atoms with Gasteiger partial charge in [-0.1, -0.05) is 6.07 Å². The second-order valence-electron chi connectivity index (χ2n) is 6.09. The summed E-state index contributed by atoms with van der Waals surface area (Å²) in [4.78, 5) is 14.5. The van der Waals surface area contributed by atoms with Gasteiger partial charge in [-0.05, 0) is 24.5 Å². The molecule has 2 fully saturated rings. The van der Waals surface area contributed by atoms with Crippen molar-refractivity contribution >= 4 is 5.95 Å². The summed E-state index contributed by atoms with van der Waals surface area (Å²) in [6.07, 6.45) is 7.87. The smallest absolute Gasteiger partial charge is 0.225 e. The van der Waals surface area contributed by atoms with E-state index in [9.17, 15) is 4.39 Å². The Morgan fingerprint density at radius 3 is 2.92 bits per heavy atom. The van der Waals surface area contributed by atoms with E-state index in [-0.39, 0.29) is 18.2 Å². The fraction of sp³-hybridized carbons (Fsp3) is 0.471. The minimum absolute atomic E-state index is 0.0543. The number of fused-ring (bicyclic) bond motifs is 2. The third-order valence-electron chi connectivity index (χ3n) is 4.59. The molecule has 1 aliphatic heterocycles. The first-order valence-electron chi connectivity index (χ1n) is 8.17. The van der Waals surface area contributed by atoms with E-state index in [0.717, 1.165) is 18.4 Å². The van der Waals surface area contributed by atoms with E-state index in [2.05, 4.69) is 19.9 Å². The van der Waals surface area contributed by atoms with Crippen LogP contribution in [0, 0.1) is 5.82 Å². The van der Waals surface area contributed by atoms with Crippen LogP contribution in [0.1, 0.15) is 18.4 Å². The first kappa shape index (κ1) is 15.4. The molecule has 0 spiro atoms. The van der Waals surface area contributed by atoms with E-state index >= 15 is 0 Å². The van der Waals surface area contributed by atoms with Crippen molar-refractivity contribution in [3.8, 4) is 0 Å². The molecule has 126 valence electrons. The Bertz CT molecular complexity index is 670. The normalized spacial score (nSPS) is 26.4. The molecular weight excluding hydrogens is 311 g/mol. The maximum atomic E-state index is 13.1. The molecule has 0 aromatic carbocycles. The van der Waals surface area contributed by atoms with Crippen molar-refractivity contribution in [3.63, 3.8) is 0 Å². The molecule has 6 nitrogen and oxygen atoms in total. The van der Waals surface area contributed by atoms with Gasteiger partial charge in [0.1, 0.15) is 6.10 Å². The topological polar surface area (TPSA) is 60.4 Å². The third kappa shape index (κ3) is 3.09. The van der Waals surface area contributed by atoms with Crippen LogP contribution in [-0.2, 0) is 16.1 Å². The largest absolute Gasteiger partial charge is 0.374 e. The van der Waals surface area contributed by atoms with Gasteiger partial charge >= 0.3 is 0 Å². The predicted molar refractivity (Wildman–Crippen MR) is 84.9 cm³/mol. The van der Waals surface area contributed by atoms with Crippen molar-refractivity contribution in [3.05, 3.63) is 48.3 Å². The summed E-state index contributed by atoms with van der Waals surface area (Å²) in [5.74, 6) is 0.0982. The first-order chi connectivity index (χ1) is 11.8. The Hall–Kier alpha value is -2.12. The van der Waals surface area contributed by atoms with Crippen molar-refractivity contribution in [1.82, 2.24) is 15.0 Å². The Labute approximate surface area is 139 Å². The molecule has 0 amide bonds. The molecule has 0 N–H and O–H groups in total. The van der Waals surface area contributed by atoms with Gasteiger partial charge in [-0.2, -0.15) is 0 Å². The highest BCUT2D eigenvalue weighted by molar-refractivity contribution is 5.33. The van der Waals surface area contributed by atoms with Crippen molar-refractivity contribution in [2.45, 2.75) is 37.7 Å². The number of aromatic nitrogens is 3. The van der Waals surface area contributed by atoms with E-state index in [1.165, 1.54) is 12.4 Å². The number of anilines is 1. The minimum atomic E-state index is -0.432. The zero-order chi connectivity index (χ0) is 16.4. The Balaban J connectivity index is 1.52. The van der Waals surface area contributed by atoms with E-state index in [1.807, 2.05) is 12.1 Å². The second kappa shape index (κ2) is 6.78. The van der Waals surface area contributed by atoms with Crippen LogP contribution < -0.4 is 4.90 Å². The molecule has 2 aliphatic rings. The summed E-state index contributed by atoms with van der Waals surface area (Å²) in [5, 5.41) is 0. The van der Waals surface area contributed by atoms with E-state index in [4.69, 9.17) is 9.47 Å². The molecule has 3 atom stereocenters. The maximum absolute atomic E-state index is 13.1. The zero-order valence-electron chi connectivity index (χ0n) is 13.2. The molecule has 1 aliphatic carbocycles. The number of pyridine rings is 1. The van der Waals surface area contributed by atoms with Crippen LogP contribution >= 0.6 is 0 Å². The molecular formula is C17H19FN4O2. The van der Waals surface area contributed by atoms with Crippen molar-refractivity contribution < 1.29 is 13.9 Å². The fourth-order valence-electron chi connectivity index (χ4n) is 3.49. The average molecular weight is 330 g/mol. The number of nitrogens with zero attached hydrogens (tertiary/aromatic N) is 4. The van der Waals surface area contributed by atoms with Crippen LogP contribution in [-0.4, -0.2) is 46.4 Å². The van der Waals surface area contributed by atoms with Crippen LogP contribution in [0.4, 0.5) is 10.3 Å². The lowest BCUT2D eigenvalue weighted by atomic mass is 10.1. The lowest BCUT2D eigenvalue weighted by molar-refractivity contribution is -0.0555. The van der Waals surface area contributed by atoms with Gasteiger partial charge in [-0.3, -0.25) is 4.98 Å². The predicted octanol–water partition coefficient (Wildman–Crippen LogP) is 1.96. The molecule has 1 saturated carbocycles. The summed E-state index contributed by atoms with van der Waals surface area (Å²) >= 11 is 0. The second-order valence-corrected chi connectivity index (χ2v) is 6.09. The highest BCUT2D eigenvalue weighted by Gasteiger charge is 2.44. The van der Waals surface area contributed by atoms with E-state index in [1.54, 1.807) is 12.4 Å². The number of rotatable bonds is 4. The molecule has 0 radical (unpaired) electrons. The highest BCUT2D eigenvalue weighted by Crippen LogP contribution is 2.34. The summed E-state index contributed by atoms with van der Waals surface area (Å²) < 4.78 is 25.2. The van der Waals surface area contributed by atoms with Crippen molar-refractivity contribution in [1.29, 1.82) is 0 Å². The van der Waals surface area contributed by atoms with Crippen molar-refractivity contribution in [2.75, 3.05) is 18.1 Å². The fourth-order valence-corrected chi connectivity index (χ4v) is 3.49. The van der Waals surface area contributed by atoms with E-state index in [0.29, 0.717) is 25.7 Å². The first-order valence-corrected chi connectivity index (χ1v) is 8.17. The van der Waals surface area contributed by atoms with Gasteiger partial charge in [0.05, 0.1) is 37.8 Å². The van der Waals surface area contributed by atoms with Crippen LogP contribution in [0.25, 0.3) is 0 Å². The zero-order valence-corrected chi connectivity index (χ0v) is 13.2. The van der Waals surface area contributed by atoms with Gasteiger partial charge in [-0.15, -0.1) is 0 Å². The van der Waals surface area contributed by atoms with Gasteiger partial charge in [0, 0.05) is 18.9 Å². The Kier molecular flexibility index (Phi) is 4.36. The molecule has 7 heteroatoms. The standard InChI is InChI=1S/C17H19FN4O2/c18-13-9-20-17(21-10-13)22-6-7-23-15-4-3-14(22)16(15)24-11-12-2-1-5-19-8-12/h1-2,5,8-10,14-16H,3-4,6-7,11H2. The van der Waals surface area contributed by atoms with Crippen LogP contribution in [0.15, 0.2) is 36.9 Å². The van der Waals surface area contributed by atoms with Gasteiger partial charge in [-0.25, -0.2) is 14.4 Å². The molecule has 2 aromatic heterocycles. The lowest BCUT2D eigenvalue weighted by Gasteiger charge is -2.31. The molecule has 24 heavy (non-hydrogen) atoms. The highest BCUT2D eigenvalue weighted by atomic mass is 19.1. The molecule has 1 saturated heterocycles. The third-order valence-corrected chi connectivity index (χ3v) is 4.59. The summed E-state index contributed by atoms with van der Waals surface area (Å²) in [7, 11) is 0. The van der Waals surface area contributed by atoms with Gasteiger partial charge in [0.2, 0.25) is 5.95 Å². The number of halogens is 1. The monoisotopic (exact) mass is 330 g/mol. The summed E-state index contributed by atoms with van der Waals surface area (Å²) in [6, 6.07) is 4.03. The SMILES string of the molecule is Fc1cnc(N2CCOC3CCC2C3OCc2cccnc2)nc1. The number of ether oxygens (including phenoxy) is 2. The quantitative estimate of drug-likeness (QED) is 0.854. The van der Waals surface area contributed by atoms with Gasteiger partial charge in [0.25, 0.3) is 0 Å². The summed E-state index contributed by atoms with van der Waals surface area (Å²) in [6.45, 7) is 1.77. The van der Waals surface area contributed by atoms with E-state index < -0.39 is 5.82 Å². The molecule has 2 bridgehead atoms. The van der Waals surface area contributed by atoms with Crippen LogP contribution in [0.2, 0.25) is 0 Å². The Morgan fingerprint density at radius 2 is 2.12 bits per heavy atom. The number of hydrogen-bond acceptors (Lipinski definition) is 6. The Morgan fingerprint density at radius 1 is 1.25 bits per heavy atom. The van der Waals surface area contributed by atoms with Crippen molar-refractivity contribution in [2.24, 2.45) is 0 Å². The van der Waals surface area contributed by atoms with Crippen LogP contribution in [0.3, 0.4) is 0 Å². The van der Waals surface area contributed by atoms with Crippen LogP contribution in [0.5, 0.6) is 0 Å². The molecule has 2 aromatic rings. The molecule has 3 unspecified atom stereocenters. The number of hydrogen-bond donors (Lipinski definition) is 0.